The lowest BCUT2D eigenvalue weighted by atomic mass is 10.1. The minimum Gasteiger partial charge on any atom is -0.480 e. The molecule has 0 radical (unpaired) electrons. The Labute approximate surface area is 220 Å². The summed E-state index contributed by atoms with van der Waals surface area (Å²) in [5.41, 5.74) is 3.21. The third-order valence-electron chi connectivity index (χ3n) is 7.27. The van der Waals surface area contributed by atoms with Crippen LogP contribution < -0.4 is 5.32 Å². The number of benzene rings is 2. The number of rotatable bonds is 12. The van der Waals surface area contributed by atoms with Crippen molar-refractivity contribution in [3.63, 3.8) is 0 Å². The van der Waals surface area contributed by atoms with E-state index < -0.39 is 12.0 Å². The van der Waals surface area contributed by atoms with Crippen LogP contribution in [0.25, 0.3) is 0 Å². The maximum Gasteiger partial charge on any atom is 0.326 e. The lowest BCUT2D eigenvalue weighted by molar-refractivity contribution is -0.141. The molecule has 0 bridgehead atoms. The summed E-state index contributed by atoms with van der Waals surface area (Å²) in [7, 11) is 0. The first-order valence-electron chi connectivity index (χ1n) is 13.5. The number of unbranched alkanes of at least 4 members (excludes halogenated alkanes) is 1. The van der Waals surface area contributed by atoms with E-state index in [9.17, 15) is 19.5 Å². The quantitative estimate of drug-likeness (QED) is 0.424. The van der Waals surface area contributed by atoms with Crippen molar-refractivity contribution < 1.29 is 19.5 Å². The van der Waals surface area contributed by atoms with Gasteiger partial charge in [0.15, 0.2) is 0 Å². The largest absolute Gasteiger partial charge is 0.480 e. The maximum absolute atomic E-state index is 13.4. The first-order chi connectivity index (χ1) is 17.7. The zero-order valence-electron chi connectivity index (χ0n) is 22.6. The molecular weight excluding hydrogens is 466 g/mol. The van der Waals surface area contributed by atoms with Gasteiger partial charge in [0.25, 0.3) is 11.8 Å². The predicted molar refractivity (Wildman–Crippen MR) is 145 cm³/mol. The van der Waals surface area contributed by atoms with Crippen LogP contribution in [0.3, 0.4) is 0 Å². The summed E-state index contributed by atoms with van der Waals surface area (Å²) in [6.45, 7) is 11.0. The lowest BCUT2D eigenvalue weighted by Gasteiger charge is -2.24. The highest BCUT2D eigenvalue weighted by atomic mass is 16.4. The van der Waals surface area contributed by atoms with E-state index in [0.717, 1.165) is 30.5 Å². The highest BCUT2D eigenvalue weighted by molar-refractivity contribution is 5.97. The molecule has 2 N–H and O–H groups in total. The van der Waals surface area contributed by atoms with Gasteiger partial charge < -0.3 is 20.2 Å². The van der Waals surface area contributed by atoms with Crippen LogP contribution in [0.1, 0.15) is 85.2 Å². The van der Waals surface area contributed by atoms with E-state index in [4.69, 9.17) is 0 Å². The van der Waals surface area contributed by atoms with Gasteiger partial charge in [0.05, 0.1) is 0 Å². The van der Waals surface area contributed by atoms with Gasteiger partial charge in [-0.2, -0.15) is 0 Å². The molecular formula is C30H41N3O4. The van der Waals surface area contributed by atoms with Crippen LogP contribution in [0.5, 0.6) is 0 Å². The van der Waals surface area contributed by atoms with Gasteiger partial charge in [-0.1, -0.05) is 51.5 Å². The summed E-state index contributed by atoms with van der Waals surface area (Å²) < 4.78 is 0. The van der Waals surface area contributed by atoms with Crippen molar-refractivity contribution in [3.05, 3.63) is 70.8 Å². The van der Waals surface area contributed by atoms with Crippen LogP contribution in [-0.4, -0.2) is 57.9 Å². The predicted octanol–water partition coefficient (Wildman–Crippen LogP) is 4.95. The van der Waals surface area contributed by atoms with Gasteiger partial charge in [0.1, 0.15) is 6.04 Å². The Morgan fingerprint density at radius 2 is 1.62 bits per heavy atom. The van der Waals surface area contributed by atoms with Crippen LogP contribution in [0.2, 0.25) is 0 Å². The molecule has 2 aromatic rings. The van der Waals surface area contributed by atoms with Crippen molar-refractivity contribution in [2.45, 2.75) is 78.6 Å². The van der Waals surface area contributed by atoms with E-state index in [1.165, 1.54) is 4.90 Å². The normalized spacial score (nSPS) is 16.1. The highest BCUT2D eigenvalue weighted by Gasteiger charge is 2.34. The minimum absolute atomic E-state index is 0.00923. The molecule has 2 amide bonds. The number of hydrogen-bond acceptors (Lipinski definition) is 4. The SMILES string of the molecule is CCCCN(Cc1ccc(C(=O)N2CCC[C@@H]2C(=O)O)cc1)C(=O)c1ccc(CNC(C)C(C)C)cc1. The van der Waals surface area contributed by atoms with Crippen molar-refractivity contribution in [1.82, 2.24) is 15.1 Å². The van der Waals surface area contributed by atoms with E-state index >= 15 is 0 Å². The molecule has 2 aromatic carbocycles. The molecule has 7 heteroatoms. The molecule has 1 aliphatic rings. The first-order valence-corrected chi connectivity index (χ1v) is 13.5. The fraction of sp³-hybridized carbons (Fsp3) is 0.500. The number of carboxylic acids is 1. The molecule has 7 nitrogen and oxygen atoms in total. The fourth-order valence-corrected chi connectivity index (χ4v) is 4.47. The van der Waals surface area contributed by atoms with E-state index in [1.807, 2.05) is 41.3 Å². The van der Waals surface area contributed by atoms with Gasteiger partial charge in [-0.3, -0.25) is 9.59 Å². The Hall–Kier alpha value is -3.19. The fourth-order valence-electron chi connectivity index (χ4n) is 4.47. The van der Waals surface area contributed by atoms with E-state index in [1.54, 1.807) is 12.1 Å². The van der Waals surface area contributed by atoms with Crippen LogP contribution in [0, 0.1) is 5.92 Å². The van der Waals surface area contributed by atoms with Crippen LogP contribution in [0.4, 0.5) is 0 Å². The molecule has 200 valence electrons. The van der Waals surface area contributed by atoms with E-state index in [-0.39, 0.29) is 11.8 Å². The van der Waals surface area contributed by atoms with Gasteiger partial charge in [0, 0.05) is 43.3 Å². The van der Waals surface area contributed by atoms with Gasteiger partial charge in [-0.05, 0) is 67.5 Å². The second-order valence-electron chi connectivity index (χ2n) is 10.4. The summed E-state index contributed by atoms with van der Waals surface area (Å²) in [5.74, 6) is -0.665. The number of likely N-dealkylation sites (tertiary alicyclic amines) is 1. The summed E-state index contributed by atoms with van der Waals surface area (Å²) in [4.78, 5) is 41.0. The number of carbonyl (C=O) groups excluding carboxylic acids is 2. The van der Waals surface area contributed by atoms with Gasteiger partial charge in [0.2, 0.25) is 0 Å². The van der Waals surface area contributed by atoms with Crippen LogP contribution >= 0.6 is 0 Å². The topological polar surface area (TPSA) is 90.0 Å². The lowest BCUT2D eigenvalue weighted by Crippen LogP contribution is -2.40. The van der Waals surface area contributed by atoms with Crippen LogP contribution in [0.15, 0.2) is 48.5 Å². The highest BCUT2D eigenvalue weighted by Crippen LogP contribution is 2.21. The Morgan fingerprint density at radius 1 is 1.00 bits per heavy atom. The molecule has 0 aliphatic carbocycles. The van der Waals surface area contributed by atoms with Crippen molar-refractivity contribution in [1.29, 1.82) is 0 Å². The van der Waals surface area contributed by atoms with Gasteiger partial charge in [-0.25, -0.2) is 4.79 Å². The molecule has 0 spiro atoms. The zero-order chi connectivity index (χ0) is 26.9. The molecule has 1 fully saturated rings. The number of nitrogens with one attached hydrogen (secondary N) is 1. The Kier molecular flexibility index (Phi) is 10.3. The average Bonchev–Trinajstić information content (AvgIpc) is 3.40. The summed E-state index contributed by atoms with van der Waals surface area (Å²) in [5, 5.41) is 12.9. The number of carbonyl (C=O) groups is 3. The van der Waals surface area contributed by atoms with Gasteiger partial charge in [-0.15, -0.1) is 0 Å². The van der Waals surface area contributed by atoms with E-state index in [0.29, 0.717) is 55.6 Å². The zero-order valence-corrected chi connectivity index (χ0v) is 22.6. The molecule has 3 rings (SSSR count). The number of carboxylic acid groups (broad SMARTS) is 1. The van der Waals surface area contributed by atoms with E-state index in [2.05, 4.69) is 33.0 Å². The standard InChI is InChI=1S/C30H41N3O4/c1-5-6-17-32(28(34)25-13-9-23(10-14-25)19-31-22(4)21(2)3)20-24-11-15-26(16-12-24)29(35)33-18-7-8-27(33)30(36)37/h9-16,21-22,27,31H,5-8,17-20H2,1-4H3,(H,36,37)/t22?,27-/m1/s1. The Morgan fingerprint density at radius 3 is 2.22 bits per heavy atom. The molecule has 0 aromatic heterocycles. The summed E-state index contributed by atoms with van der Waals surface area (Å²) >= 11 is 0. The summed E-state index contributed by atoms with van der Waals surface area (Å²) in [6, 6.07) is 14.7. The van der Waals surface area contributed by atoms with Crippen molar-refractivity contribution in [3.8, 4) is 0 Å². The third-order valence-corrected chi connectivity index (χ3v) is 7.27. The first kappa shape index (κ1) is 28.4. The summed E-state index contributed by atoms with van der Waals surface area (Å²) in [6.07, 6.45) is 3.07. The second kappa shape index (κ2) is 13.4. The average molecular weight is 508 g/mol. The number of aliphatic carboxylic acids is 1. The van der Waals surface area contributed by atoms with Gasteiger partial charge >= 0.3 is 5.97 Å². The Balaban J connectivity index is 1.66. The molecule has 1 unspecified atom stereocenters. The number of hydrogen-bond donors (Lipinski definition) is 2. The molecule has 1 aliphatic heterocycles. The molecule has 1 saturated heterocycles. The maximum atomic E-state index is 13.4. The van der Waals surface area contributed by atoms with Crippen molar-refractivity contribution >= 4 is 17.8 Å². The van der Waals surface area contributed by atoms with Crippen molar-refractivity contribution in [2.75, 3.05) is 13.1 Å². The molecule has 0 saturated carbocycles. The number of nitrogens with zero attached hydrogens (tertiary/aromatic N) is 2. The third kappa shape index (κ3) is 7.65. The number of amides is 2. The molecule has 37 heavy (non-hydrogen) atoms. The molecule has 2 atom stereocenters. The van der Waals surface area contributed by atoms with Crippen LogP contribution in [-0.2, 0) is 17.9 Å². The Bertz CT molecular complexity index is 1050. The smallest absolute Gasteiger partial charge is 0.326 e. The van der Waals surface area contributed by atoms with Crippen molar-refractivity contribution in [2.24, 2.45) is 5.92 Å². The minimum atomic E-state index is -0.957. The monoisotopic (exact) mass is 507 g/mol. The molecule has 1 heterocycles. The second-order valence-corrected chi connectivity index (χ2v) is 10.4.